The lowest BCUT2D eigenvalue weighted by Crippen LogP contribution is -2.33. The molecule has 0 fully saturated rings. The molecule has 8 nitrogen and oxygen atoms in total. The lowest BCUT2D eigenvalue weighted by molar-refractivity contribution is -0.0587. The van der Waals surface area contributed by atoms with Gasteiger partial charge in [-0.15, -0.1) is 0 Å². The molecule has 28 heavy (non-hydrogen) atoms. The van der Waals surface area contributed by atoms with Crippen molar-refractivity contribution < 1.29 is 27.6 Å². The molecule has 0 radical (unpaired) electrons. The Balaban J connectivity index is 1.87. The second-order valence-corrected chi connectivity index (χ2v) is 8.52. The summed E-state index contributed by atoms with van der Waals surface area (Å²) >= 11 is 0. The third-order valence-electron chi connectivity index (χ3n) is 4.18. The molecule has 9 heteroatoms. The summed E-state index contributed by atoms with van der Waals surface area (Å²) in [7, 11) is -0.308. The molecule has 0 unspecified atom stereocenters. The highest BCUT2D eigenvalue weighted by Gasteiger charge is 2.39. The van der Waals surface area contributed by atoms with E-state index in [1.54, 1.807) is 31.1 Å². The van der Waals surface area contributed by atoms with Crippen LogP contribution >= 0.6 is 0 Å². The highest BCUT2D eigenvalue weighted by Crippen LogP contribution is 2.25. The van der Waals surface area contributed by atoms with Gasteiger partial charge in [-0.25, -0.2) is 13.2 Å². The van der Waals surface area contributed by atoms with E-state index in [1.807, 2.05) is 0 Å². The Hall–Kier alpha value is -3.04. The molecule has 0 N–H and O–H groups in total. The van der Waals surface area contributed by atoms with Gasteiger partial charge < -0.3 is 9.74 Å². The number of hydrogen-bond acceptors (Lipinski definition) is 7. The van der Waals surface area contributed by atoms with Crippen LogP contribution in [-0.4, -0.2) is 62.6 Å². The van der Waals surface area contributed by atoms with Crippen LogP contribution in [0.3, 0.4) is 0 Å². The standard InChI is InChI=1S/C19H18N2O6S/c1-20(2)11-12-28(25,26)16-10-6-5-9-15(16)19(24)27-21-17(22)13-7-3-4-8-14(13)18(21)23/h3-10H,11-12H2,1-2H3. The van der Waals surface area contributed by atoms with Crippen LogP contribution in [0, 0.1) is 0 Å². The Kier molecular flexibility index (Phi) is 5.30. The quantitative estimate of drug-likeness (QED) is 0.673. The first-order chi connectivity index (χ1) is 13.2. The van der Waals surface area contributed by atoms with Crippen LogP contribution in [0.2, 0.25) is 0 Å². The van der Waals surface area contributed by atoms with Crippen molar-refractivity contribution in [3.8, 4) is 0 Å². The van der Waals surface area contributed by atoms with Crippen LogP contribution in [0.5, 0.6) is 0 Å². The summed E-state index contributed by atoms with van der Waals surface area (Å²) in [5, 5.41) is 0.357. The fourth-order valence-electron chi connectivity index (χ4n) is 2.70. The number of fused-ring (bicyclic) bond motifs is 1. The van der Waals surface area contributed by atoms with E-state index >= 15 is 0 Å². The van der Waals surface area contributed by atoms with Crippen molar-refractivity contribution in [3.63, 3.8) is 0 Å². The number of imide groups is 1. The molecule has 2 aromatic rings. The summed E-state index contributed by atoms with van der Waals surface area (Å²) in [5.41, 5.74) is -0.00260. The second-order valence-electron chi connectivity index (χ2n) is 6.45. The molecular weight excluding hydrogens is 384 g/mol. The van der Waals surface area contributed by atoms with E-state index in [1.165, 1.54) is 36.4 Å². The largest absolute Gasteiger partial charge is 0.365 e. The molecule has 0 saturated carbocycles. The van der Waals surface area contributed by atoms with Crippen molar-refractivity contribution in [2.24, 2.45) is 0 Å². The van der Waals surface area contributed by atoms with Crippen LogP contribution in [0.4, 0.5) is 0 Å². The van der Waals surface area contributed by atoms with Gasteiger partial charge in [-0.3, -0.25) is 9.59 Å². The Bertz CT molecular complexity index is 1030. The van der Waals surface area contributed by atoms with Crippen LogP contribution in [-0.2, 0) is 14.7 Å². The average Bonchev–Trinajstić information content (AvgIpc) is 2.92. The van der Waals surface area contributed by atoms with Gasteiger partial charge >= 0.3 is 5.97 Å². The highest BCUT2D eigenvalue weighted by molar-refractivity contribution is 7.91. The minimum atomic E-state index is -3.78. The Morgan fingerprint density at radius 1 is 0.964 bits per heavy atom. The maximum Gasteiger partial charge on any atom is 0.365 e. The van der Waals surface area contributed by atoms with E-state index in [0.29, 0.717) is 5.06 Å². The van der Waals surface area contributed by atoms with E-state index in [9.17, 15) is 22.8 Å². The van der Waals surface area contributed by atoms with E-state index < -0.39 is 27.6 Å². The molecule has 0 aromatic heterocycles. The van der Waals surface area contributed by atoms with Gasteiger partial charge in [0.25, 0.3) is 11.8 Å². The molecule has 1 heterocycles. The lowest BCUT2D eigenvalue weighted by atomic mass is 10.1. The predicted molar refractivity (Wildman–Crippen MR) is 99.4 cm³/mol. The lowest BCUT2D eigenvalue weighted by Gasteiger charge is -2.15. The number of hydroxylamine groups is 2. The summed E-state index contributed by atoms with van der Waals surface area (Å²) < 4.78 is 25.2. The van der Waals surface area contributed by atoms with Gasteiger partial charge in [-0.2, -0.15) is 0 Å². The van der Waals surface area contributed by atoms with Gasteiger partial charge in [0, 0.05) is 6.54 Å². The fraction of sp³-hybridized carbons (Fsp3) is 0.211. The molecule has 1 aliphatic heterocycles. The zero-order valence-corrected chi connectivity index (χ0v) is 16.1. The number of hydrogen-bond donors (Lipinski definition) is 0. The van der Waals surface area contributed by atoms with Gasteiger partial charge in [-0.1, -0.05) is 29.3 Å². The zero-order valence-electron chi connectivity index (χ0n) is 15.3. The number of carbonyl (C=O) groups is 3. The molecule has 2 aromatic carbocycles. The number of rotatable bonds is 6. The molecule has 0 atom stereocenters. The number of amides is 2. The molecule has 1 aliphatic rings. The average molecular weight is 402 g/mol. The minimum absolute atomic E-state index is 0.118. The molecule has 0 spiro atoms. The summed E-state index contributed by atoms with van der Waals surface area (Å²) in [6, 6.07) is 11.6. The Labute approximate surface area is 162 Å². The third-order valence-corrected chi connectivity index (χ3v) is 5.93. The van der Waals surface area contributed by atoms with Crippen molar-refractivity contribution in [1.82, 2.24) is 9.96 Å². The molecule has 2 amide bonds. The smallest absolute Gasteiger partial charge is 0.324 e. The van der Waals surface area contributed by atoms with E-state index in [4.69, 9.17) is 4.84 Å². The van der Waals surface area contributed by atoms with Crippen molar-refractivity contribution >= 4 is 27.6 Å². The minimum Gasteiger partial charge on any atom is -0.324 e. The van der Waals surface area contributed by atoms with E-state index in [0.717, 1.165) is 0 Å². The summed E-state index contributed by atoms with van der Waals surface area (Å²) in [4.78, 5) is 43.8. The number of sulfone groups is 1. The molecule has 0 saturated heterocycles. The fourth-order valence-corrected chi connectivity index (χ4v) is 4.30. The first-order valence-corrected chi connectivity index (χ1v) is 10.0. The second kappa shape index (κ2) is 7.53. The maximum absolute atomic E-state index is 12.6. The third kappa shape index (κ3) is 3.67. The van der Waals surface area contributed by atoms with Gasteiger partial charge in [0.05, 0.1) is 27.3 Å². The van der Waals surface area contributed by atoms with Crippen LogP contribution in [0.25, 0.3) is 0 Å². The van der Waals surface area contributed by atoms with Crippen molar-refractivity contribution in [2.75, 3.05) is 26.4 Å². The van der Waals surface area contributed by atoms with E-state index in [-0.39, 0.29) is 33.9 Å². The predicted octanol–water partition coefficient (Wildman–Crippen LogP) is 1.39. The van der Waals surface area contributed by atoms with Crippen molar-refractivity contribution in [1.29, 1.82) is 0 Å². The van der Waals surface area contributed by atoms with Crippen LogP contribution in [0.15, 0.2) is 53.4 Å². The topological polar surface area (TPSA) is 101 Å². The Morgan fingerprint density at radius 2 is 1.50 bits per heavy atom. The normalized spacial score (nSPS) is 13.8. The summed E-state index contributed by atoms with van der Waals surface area (Å²) in [6.07, 6.45) is 0. The van der Waals surface area contributed by atoms with Crippen molar-refractivity contribution in [3.05, 3.63) is 65.2 Å². The van der Waals surface area contributed by atoms with Crippen LogP contribution in [0.1, 0.15) is 31.1 Å². The monoisotopic (exact) mass is 402 g/mol. The van der Waals surface area contributed by atoms with Gasteiger partial charge in [0.2, 0.25) is 0 Å². The SMILES string of the molecule is CN(C)CCS(=O)(=O)c1ccccc1C(=O)ON1C(=O)c2ccccc2C1=O. The molecule has 0 bridgehead atoms. The van der Waals surface area contributed by atoms with E-state index in [2.05, 4.69) is 0 Å². The summed E-state index contributed by atoms with van der Waals surface area (Å²) in [5.74, 6) is -2.85. The number of carbonyl (C=O) groups excluding carboxylic acids is 3. The first kappa shape index (κ1) is 19.7. The first-order valence-electron chi connectivity index (χ1n) is 8.39. The molecule has 146 valence electrons. The number of benzene rings is 2. The molecule has 0 aliphatic carbocycles. The van der Waals surface area contributed by atoms with Gasteiger partial charge in [-0.05, 0) is 38.4 Å². The highest BCUT2D eigenvalue weighted by atomic mass is 32.2. The molecular formula is C19H18N2O6S. The summed E-state index contributed by atoms with van der Waals surface area (Å²) in [6.45, 7) is 0.268. The number of nitrogens with zero attached hydrogens (tertiary/aromatic N) is 2. The van der Waals surface area contributed by atoms with Gasteiger partial charge in [0.1, 0.15) is 0 Å². The van der Waals surface area contributed by atoms with Gasteiger partial charge in [0.15, 0.2) is 9.84 Å². The van der Waals surface area contributed by atoms with Crippen molar-refractivity contribution in [2.45, 2.75) is 4.90 Å². The molecule has 3 rings (SSSR count). The Morgan fingerprint density at radius 3 is 2.07 bits per heavy atom. The zero-order chi connectivity index (χ0) is 20.5. The van der Waals surface area contributed by atoms with Crippen LogP contribution < -0.4 is 0 Å². The maximum atomic E-state index is 12.6.